The lowest BCUT2D eigenvalue weighted by atomic mass is 9.61. The molecule has 0 radical (unpaired) electrons. The van der Waals surface area contributed by atoms with Gasteiger partial charge in [-0.15, -0.1) is 0 Å². The summed E-state index contributed by atoms with van der Waals surface area (Å²) >= 11 is 0. The van der Waals surface area contributed by atoms with E-state index in [1.54, 1.807) is 31.2 Å². The molecule has 3 aliphatic rings. The first-order valence-corrected chi connectivity index (χ1v) is 15.8. The second-order valence-corrected chi connectivity index (χ2v) is 13.4. The van der Waals surface area contributed by atoms with Crippen LogP contribution < -0.4 is 0 Å². The third-order valence-corrected chi connectivity index (χ3v) is 9.93. The van der Waals surface area contributed by atoms with E-state index in [9.17, 15) is 14.7 Å². The molecule has 2 amide bonds. The summed E-state index contributed by atoms with van der Waals surface area (Å²) in [6.07, 6.45) is 2.84. The summed E-state index contributed by atoms with van der Waals surface area (Å²) in [5.74, 6) is -0.143. The van der Waals surface area contributed by atoms with E-state index in [0.29, 0.717) is 17.0 Å². The molecule has 1 aliphatic heterocycles. The van der Waals surface area contributed by atoms with Gasteiger partial charge in [0.05, 0.1) is 39.3 Å². The number of pyridine rings is 1. The van der Waals surface area contributed by atoms with E-state index in [0.717, 1.165) is 68.9 Å². The van der Waals surface area contributed by atoms with Crippen LogP contribution in [0.3, 0.4) is 0 Å². The molecule has 46 heavy (non-hydrogen) atoms. The molecule has 0 spiro atoms. The molecule has 226 valence electrons. The highest BCUT2D eigenvalue weighted by atomic mass is 16.3. The van der Waals surface area contributed by atoms with Crippen molar-refractivity contribution >= 4 is 28.5 Å². The second kappa shape index (κ2) is 9.40. The van der Waals surface area contributed by atoms with E-state index >= 15 is 0 Å². The molecule has 8 nitrogen and oxygen atoms in total. The smallest absolute Gasteiger partial charge is 0.262 e. The van der Waals surface area contributed by atoms with Gasteiger partial charge in [-0.25, -0.2) is 9.97 Å². The number of amides is 2. The number of hydrogen-bond donors (Lipinski definition) is 1. The number of imide groups is 1. The van der Waals surface area contributed by atoms with Gasteiger partial charge >= 0.3 is 0 Å². The molecule has 0 bridgehead atoms. The number of benzene rings is 3. The molecule has 3 aromatic heterocycles. The van der Waals surface area contributed by atoms with Crippen LogP contribution in [0.1, 0.15) is 76.2 Å². The quantitative estimate of drug-likeness (QED) is 0.216. The zero-order valence-electron chi connectivity index (χ0n) is 25.6. The van der Waals surface area contributed by atoms with Crippen LogP contribution in [0.5, 0.6) is 0 Å². The average Bonchev–Trinajstić information content (AvgIpc) is 3.77. The van der Waals surface area contributed by atoms with Crippen molar-refractivity contribution < 1.29 is 14.7 Å². The standard InChI is InChI=1S/C38H31N5O3/c1-22-29-18-30(23-8-4-3-5-9-23)33(40-34(29)43-32(39-22)19-31(41-43)24-12-13-24)25-14-16-26(17-15-25)38(20-37(2,46)21-38)42-35(44)27-10-6-7-11-28(27)36(42)45/h3-11,14-19,24,46H,12-13,20-21H2,1-2H3/t37-,38+. The minimum atomic E-state index is -0.991. The largest absolute Gasteiger partial charge is 0.390 e. The average molecular weight is 606 g/mol. The second-order valence-electron chi connectivity index (χ2n) is 13.4. The van der Waals surface area contributed by atoms with Gasteiger partial charge in [-0.2, -0.15) is 9.61 Å². The lowest BCUT2D eigenvalue weighted by Gasteiger charge is -2.55. The first-order valence-electron chi connectivity index (χ1n) is 15.8. The van der Waals surface area contributed by atoms with Crippen LogP contribution in [0, 0.1) is 6.92 Å². The fraction of sp³-hybridized carbons (Fsp3) is 0.237. The van der Waals surface area contributed by atoms with Gasteiger partial charge in [0.2, 0.25) is 0 Å². The molecule has 9 rings (SSSR count). The van der Waals surface area contributed by atoms with E-state index in [2.05, 4.69) is 24.3 Å². The number of fused-ring (bicyclic) bond motifs is 4. The Bertz CT molecular complexity index is 2210. The summed E-state index contributed by atoms with van der Waals surface area (Å²) in [6.45, 7) is 3.77. The number of nitrogens with zero attached hydrogens (tertiary/aromatic N) is 5. The Hall–Kier alpha value is -5.21. The maximum absolute atomic E-state index is 13.6. The van der Waals surface area contributed by atoms with Crippen LogP contribution in [0.25, 0.3) is 39.1 Å². The summed E-state index contributed by atoms with van der Waals surface area (Å²) in [7, 11) is 0. The monoisotopic (exact) mass is 605 g/mol. The van der Waals surface area contributed by atoms with Crippen molar-refractivity contribution in [3.63, 3.8) is 0 Å². The van der Waals surface area contributed by atoms with E-state index in [4.69, 9.17) is 15.1 Å². The molecule has 6 aromatic rings. The predicted octanol–water partition coefficient (Wildman–Crippen LogP) is 6.83. The van der Waals surface area contributed by atoms with Gasteiger partial charge in [0.25, 0.3) is 11.8 Å². The Kier molecular flexibility index (Phi) is 5.55. The Morgan fingerprint density at radius 2 is 1.43 bits per heavy atom. The molecule has 4 heterocycles. The predicted molar refractivity (Wildman–Crippen MR) is 174 cm³/mol. The number of carbonyl (C=O) groups is 2. The fourth-order valence-electron chi connectivity index (χ4n) is 7.64. The number of carbonyl (C=O) groups excluding carboxylic acids is 2. The highest BCUT2D eigenvalue weighted by molar-refractivity contribution is 6.22. The van der Waals surface area contributed by atoms with Crippen molar-refractivity contribution in [2.24, 2.45) is 0 Å². The Morgan fingerprint density at radius 3 is 2.07 bits per heavy atom. The highest BCUT2D eigenvalue weighted by Gasteiger charge is 2.60. The SMILES string of the molecule is Cc1nc2cc(C3CC3)nn2c2nc(-c3ccc([C@]4(N5C(=O)c6ccccc6C5=O)C[C@@](C)(O)C4)cc3)c(-c3ccccc3)cc12. The number of rotatable bonds is 5. The van der Waals surface area contributed by atoms with E-state index < -0.39 is 11.1 Å². The van der Waals surface area contributed by atoms with Crippen LogP contribution in [-0.4, -0.2) is 47.0 Å². The molecule has 0 unspecified atom stereocenters. The molecule has 8 heteroatoms. The van der Waals surface area contributed by atoms with Crippen LogP contribution in [0.15, 0.2) is 91.0 Å². The van der Waals surface area contributed by atoms with Crippen molar-refractivity contribution in [1.29, 1.82) is 0 Å². The van der Waals surface area contributed by atoms with Crippen molar-refractivity contribution in [3.8, 4) is 22.4 Å². The number of aromatic nitrogens is 4. The van der Waals surface area contributed by atoms with Gasteiger partial charge in [-0.1, -0.05) is 66.7 Å². The maximum atomic E-state index is 13.6. The van der Waals surface area contributed by atoms with Gasteiger partial charge in [0.15, 0.2) is 11.3 Å². The molecule has 0 atom stereocenters. The third kappa shape index (κ3) is 3.93. The van der Waals surface area contributed by atoms with Gasteiger partial charge in [0.1, 0.15) is 0 Å². The van der Waals surface area contributed by atoms with E-state index in [-0.39, 0.29) is 24.7 Å². The Labute approximate surface area is 265 Å². The lowest BCUT2D eigenvalue weighted by Crippen LogP contribution is -2.63. The lowest BCUT2D eigenvalue weighted by molar-refractivity contribution is -0.118. The Balaban J connectivity index is 1.19. The normalized spacial score (nSPS) is 22.5. The number of aliphatic hydroxyl groups is 1. The highest BCUT2D eigenvalue weighted by Crippen LogP contribution is 2.54. The molecule has 1 N–H and O–H groups in total. The van der Waals surface area contributed by atoms with Crippen LogP contribution >= 0.6 is 0 Å². The zero-order valence-corrected chi connectivity index (χ0v) is 25.6. The first kappa shape index (κ1) is 27.1. The summed E-state index contributed by atoms with van der Waals surface area (Å²) in [5.41, 5.74) is 6.90. The Morgan fingerprint density at radius 1 is 0.783 bits per heavy atom. The molecule has 2 saturated carbocycles. The molecular formula is C38H31N5O3. The van der Waals surface area contributed by atoms with Crippen LogP contribution in [0.4, 0.5) is 0 Å². The summed E-state index contributed by atoms with van der Waals surface area (Å²) in [4.78, 5) is 38.8. The van der Waals surface area contributed by atoms with Gasteiger partial charge in [-0.3, -0.25) is 14.5 Å². The third-order valence-electron chi connectivity index (χ3n) is 9.93. The fourth-order valence-corrected chi connectivity index (χ4v) is 7.64. The van der Waals surface area contributed by atoms with E-state index in [1.807, 2.05) is 53.9 Å². The van der Waals surface area contributed by atoms with Gasteiger partial charge in [0, 0.05) is 41.3 Å². The minimum absolute atomic E-state index is 0.265. The van der Waals surface area contributed by atoms with Crippen LogP contribution in [0.2, 0.25) is 0 Å². The minimum Gasteiger partial charge on any atom is -0.390 e. The zero-order chi connectivity index (χ0) is 31.4. The van der Waals surface area contributed by atoms with E-state index in [1.165, 1.54) is 4.90 Å². The van der Waals surface area contributed by atoms with Crippen molar-refractivity contribution in [2.75, 3.05) is 0 Å². The molecular weight excluding hydrogens is 574 g/mol. The molecule has 2 fully saturated rings. The maximum Gasteiger partial charge on any atom is 0.262 e. The molecule has 2 aliphatic carbocycles. The molecule has 3 aromatic carbocycles. The van der Waals surface area contributed by atoms with Gasteiger partial charge in [-0.05, 0) is 56.0 Å². The topological polar surface area (TPSA) is 101 Å². The van der Waals surface area contributed by atoms with Gasteiger partial charge < -0.3 is 5.11 Å². The summed E-state index contributed by atoms with van der Waals surface area (Å²) in [6, 6.07) is 29.3. The first-order chi connectivity index (χ1) is 22.2. The van der Waals surface area contributed by atoms with Crippen LogP contribution in [-0.2, 0) is 5.54 Å². The molecule has 0 saturated heterocycles. The van der Waals surface area contributed by atoms with Crippen molar-refractivity contribution in [3.05, 3.63) is 119 Å². The van der Waals surface area contributed by atoms with Crippen molar-refractivity contribution in [2.45, 2.75) is 56.6 Å². The summed E-state index contributed by atoms with van der Waals surface area (Å²) in [5, 5.41) is 16.8. The number of aryl methyl sites for hydroxylation is 1. The number of hydrogen-bond acceptors (Lipinski definition) is 6. The summed E-state index contributed by atoms with van der Waals surface area (Å²) < 4.78 is 1.87. The van der Waals surface area contributed by atoms with Crippen molar-refractivity contribution in [1.82, 2.24) is 24.5 Å².